The molecular formula is C11H23NO3S. The Kier molecular flexibility index (Phi) is 8.47. The smallest absolute Gasteiger partial charge is 0.320 e. The van der Waals surface area contributed by atoms with Gasteiger partial charge in [-0.3, -0.25) is 9.00 Å². The summed E-state index contributed by atoms with van der Waals surface area (Å²) in [5.74, 6) is -0.793. The van der Waals surface area contributed by atoms with Crippen molar-refractivity contribution in [2.75, 3.05) is 12.8 Å². The molecule has 0 saturated heterocycles. The Morgan fingerprint density at radius 3 is 2.50 bits per heavy atom. The molecule has 0 bridgehead atoms. The number of hydrogen-bond donors (Lipinski definition) is 2. The van der Waals surface area contributed by atoms with Crippen LogP contribution in [0.4, 0.5) is 0 Å². The fraction of sp³-hybridized carbons (Fsp3) is 0.909. The highest BCUT2D eigenvalue weighted by Gasteiger charge is 2.16. The number of hydrogen-bond acceptors (Lipinski definition) is 3. The van der Waals surface area contributed by atoms with Crippen molar-refractivity contribution < 1.29 is 14.1 Å². The van der Waals surface area contributed by atoms with Crippen molar-refractivity contribution in [3.63, 3.8) is 0 Å². The highest BCUT2D eigenvalue weighted by molar-refractivity contribution is 7.84. The number of unbranched alkanes of at least 4 members (excludes halogenated alkanes) is 1. The minimum absolute atomic E-state index is 0.119. The van der Waals surface area contributed by atoms with Gasteiger partial charge in [-0.15, -0.1) is 0 Å². The molecule has 96 valence electrons. The minimum Gasteiger partial charge on any atom is -0.480 e. The van der Waals surface area contributed by atoms with Crippen molar-refractivity contribution in [2.45, 2.75) is 50.8 Å². The van der Waals surface area contributed by atoms with Gasteiger partial charge in [-0.1, -0.05) is 26.7 Å². The van der Waals surface area contributed by atoms with Crippen LogP contribution in [-0.2, 0) is 15.6 Å². The van der Waals surface area contributed by atoms with E-state index in [0.717, 1.165) is 19.3 Å². The van der Waals surface area contributed by atoms with E-state index in [0.29, 0.717) is 13.0 Å². The van der Waals surface area contributed by atoms with E-state index in [-0.39, 0.29) is 5.25 Å². The van der Waals surface area contributed by atoms with Gasteiger partial charge in [0.05, 0.1) is 0 Å². The summed E-state index contributed by atoms with van der Waals surface area (Å²) in [6.45, 7) is 4.57. The molecule has 0 aromatic heterocycles. The van der Waals surface area contributed by atoms with Gasteiger partial charge >= 0.3 is 5.97 Å². The molecule has 5 heteroatoms. The van der Waals surface area contributed by atoms with E-state index >= 15 is 0 Å². The third kappa shape index (κ3) is 6.95. The number of nitrogens with one attached hydrogen (secondary N) is 1. The fourth-order valence-electron chi connectivity index (χ4n) is 1.35. The molecule has 0 heterocycles. The van der Waals surface area contributed by atoms with E-state index in [4.69, 9.17) is 5.11 Å². The lowest BCUT2D eigenvalue weighted by Gasteiger charge is -2.15. The molecule has 0 amide bonds. The summed E-state index contributed by atoms with van der Waals surface area (Å²) >= 11 is 0. The summed E-state index contributed by atoms with van der Waals surface area (Å²) in [5, 5.41) is 12.1. The Bertz CT molecular complexity index is 233. The van der Waals surface area contributed by atoms with E-state index in [1.165, 1.54) is 0 Å². The maximum atomic E-state index is 11.1. The quantitative estimate of drug-likeness (QED) is 0.648. The molecule has 0 rings (SSSR count). The van der Waals surface area contributed by atoms with Gasteiger partial charge in [0.1, 0.15) is 6.04 Å². The Morgan fingerprint density at radius 2 is 2.06 bits per heavy atom. The predicted octanol–water partition coefficient (Wildman–Crippen LogP) is 1.38. The second-order valence-corrected chi connectivity index (χ2v) is 5.89. The maximum Gasteiger partial charge on any atom is 0.320 e. The van der Waals surface area contributed by atoms with E-state index in [1.54, 1.807) is 6.26 Å². The summed E-state index contributed by atoms with van der Waals surface area (Å²) < 4.78 is 11.1. The van der Waals surface area contributed by atoms with Gasteiger partial charge in [0.2, 0.25) is 0 Å². The molecule has 3 atom stereocenters. The van der Waals surface area contributed by atoms with Crippen molar-refractivity contribution in [1.29, 1.82) is 0 Å². The second-order valence-electron chi connectivity index (χ2n) is 4.09. The first-order valence-electron chi connectivity index (χ1n) is 5.77. The Hall–Kier alpha value is -0.420. The van der Waals surface area contributed by atoms with Crippen LogP contribution in [0.2, 0.25) is 0 Å². The summed E-state index contributed by atoms with van der Waals surface area (Å²) in [6, 6.07) is -0.461. The topological polar surface area (TPSA) is 66.4 Å². The monoisotopic (exact) mass is 249 g/mol. The largest absolute Gasteiger partial charge is 0.480 e. The van der Waals surface area contributed by atoms with Gasteiger partial charge in [-0.05, 0) is 19.4 Å². The number of carboxylic acids is 1. The molecule has 0 aromatic carbocycles. The third-order valence-corrected chi connectivity index (χ3v) is 4.02. The summed E-state index contributed by atoms with van der Waals surface area (Å²) in [7, 11) is -0.829. The molecule has 4 nitrogen and oxygen atoms in total. The maximum absolute atomic E-state index is 11.1. The molecule has 3 unspecified atom stereocenters. The average molecular weight is 249 g/mol. The Labute approximate surface area is 100 Å². The molecule has 2 N–H and O–H groups in total. The van der Waals surface area contributed by atoms with Crippen LogP contribution < -0.4 is 5.32 Å². The van der Waals surface area contributed by atoms with Crippen LogP contribution in [0.15, 0.2) is 0 Å². The molecule has 0 fully saturated rings. The summed E-state index contributed by atoms with van der Waals surface area (Å²) in [6.07, 6.45) is 5.00. The summed E-state index contributed by atoms with van der Waals surface area (Å²) in [4.78, 5) is 10.9. The predicted molar refractivity (Wildman–Crippen MR) is 67.1 cm³/mol. The van der Waals surface area contributed by atoms with Crippen LogP contribution in [0, 0.1) is 0 Å². The molecule has 0 aliphatic heterocycles. The zero-order chi connectivity index (χ0) is 12.6. The number of aliphatic carboxylic acids is 1. The molecule has 16 heavy (non-hydrogen) atoms. The average Bonchev–Trinajstić information content (AvgIpc) is 2.21. The van der Waals surface area contributed by atoms with Gasteiger partial charge in [0.25, 0.3) is 0 Å². The van der Waals surface area contributed by atoms with Crippen LogP contribution >= 0.6 is 0 Å². The fourth-order valence-corrected chi connectivity index (χ4v) is 1.80. The summed E-state index contributed by atoms with van der Waals surface area (Å²) in [5.41, 5.74) is 0. The van der Waals surface area contributed by atoms with Crippen LogP contribution in [0.25, 0.3) is 0 Å². The van der Waals surface area contributed by atoms with E-state index in [2.05, 4.69) is 5.32 Å². The lowest BCUT2D eigenvalue weighted by Crippen LogP contribution is -2.38. The lowest BCUT2D eigenvalue weighted by molar-refractivity contribution is -0.139. The number of carbonyl (C=O) groups is 1. The minimum atomic E-state index is -0.829. The van der Waals surface area contributed by atoms with Crippen LogP contribution in [-0.4, -0.2) is 39.4 Å². The molecule has 0 aromatic rings. The normalized spacial score (nSPS) is 16.7. The number of rotatable bonds is 9. The first-order valence-corrected chi connectivity index (χ1v) is 7.39. The zero-order valence-corrected chi connectivity index (χ0v) is 11.2. The van der Waals surface area contributed by atoms with E-state index in [1.807, 2.05) is 13.8 Å². The first kappa shape index (κ1) is 15.6. The molecule has 0 aliphatic rings. The van der Waals surface area contributed by atoms with Gasteiger partial charge in [-0.25, -0.2) is 0 Å². The van der Waals surface area contributed by atoms with Crippen molar-refractivity contribution >= 4 is 16.8 Å². The number of carboxylic acid groups (broad SMARTS) is 1. The highest BCUT2D eigenvalue weighted by atomic mass is 32.2. The second kappa shape index (κ2) is 8.70. The molecule has 0 saturated carbocycles. The van der Waals surface area contributed by atoms with E-state index in [9.17, 15) is 9.00 Å². The van der Waals surface area contributed by atoms with Crippen molar-refractivity contribution in [3.8, 4) is 0 Å². The standard InChI is InChI=1S/C11H23NO3S/c1-4-5-6-10(11(13)14)12-8-7-9(2)16(3)15/h9-10,12H,4-8H2,1-3H3,(H,13,14). The third-order valence-electron chi connectivity index (χ3n) is 2.65. The lowest BCUT2D eigenvalue weighted by atomic mass is 10.1. The Balaban J connectivity index is 3.84. The molecule has 0 radical (unpaired) electrons. The van der Waals surface area contributed by atoms with Gasteiger partial charge in [-0.2, -0.15) is 0 Å². The van der Waals surface area contributed by atoms with Gasteiger partial charge in [0, 0.05) is 22.3 Å². The first-order chi connectivity index (χ1) is 7.49. The zero-order valence-electron chi connectivity index (χ0n) is 10.4. The van der Waals surface area contributed by atoms with Crippen LogP contribution in [0.5, 0.6) is 0 Å². The van der Waals surface area contributed by atoms with Gasteiger partial charge < -0.3 is 10.4 Å². The highest BCUT2D eigenvalue weighted by Crippen LogP contribution is 2.02. The van der Waals surface area contributed by atoms with Crippen molar-refractivity contribution in [3.05, 3.63) is 0 Å². The molecule has 0 aliphatic carbocycles. The van der Waals surface area contributed by atoms with E-state index < -0.39 is 22.8 Å². The van der Waals surface area contributed by atoms with Crippen molar-refractivity contribution in [2.24, 2.45) is 0 Å². The van der Waals surface area contributed by atoms with Gasteiger partial charge in [0.15, 0.2) is 0 Å². The Morgan fingerprint density at radius 1 is 1.44 bits per heavy atom. The van der Waals surface area contributed by atoms with Crippen molar-refractivity contribution in [1.82, 2.24) is 5.32 Å². The van der Waals surface area contributed by atoms with Crippen LogP contribution in [0.3, 0.4) is 0 Å². The molecule has 0 spiro atoms. The van der Waals surface area contributed by atoms with Crippen LogP contribution in [0.1, 0.15) is 39.5 Å². The molecular weight excluding hydrogens is 226 g/mol. The SMILES string of the molecule is CCCCC(NCCC(C)S(C)=O)C(=O)O.